The number of halogens is 1. The second kappa shape index (κ2) is 9.17. The number of ether oxygens (including phenoxy) is 1. The molecule has 0 saturated heterocycles. The molecule has 1 amide bonds. The van der Waals surface area contributed by atoms with Crippen molar-refractivity contribution in [3.05, 3.63) is 41.0 Å². The molecule has 1 aromatic carbocycles. The van der Waals surface area contributed by atoms with Crippen LogP contribution in [-0.4, -0.2) is 24.5 Å². The molecular formula is C21H21FNO5S-. The first-order chi connectivity index (χ1) is 13.9. The summed E-state index contributed by atoms with van der Waals surface area (Å²) in [7, 11) is 0. The number of nitrogens with one attached hydrogen (secondary N) is 1. The van der Waals surface area contributed by atoms with Gasteiger partial charge in [0.15, 0.2) is 0 Å². The minimum Gasteiger partial charge on any atom is -0.550 e. The fourth-order valence-corrected chi connectivity index (χ4v) is 4.59. The van der Waals surface area contributed by atoms with Gasteiger partial charge in [0, 0.05) is 28.7 Å². The SMILES string of the molecule is CCOC(=O)c1c(-c2ccc(F)cc2)csc1NC(=O)[C@H]1CCCC[C@H]1C(=O)[O-]. The van der Waals surface area contributed by atoms with Gasteiger partial charge in [0.1, 0.15) is 16.4 Å². The standard InChI is InChI=1S/C21H22FNO5S/c1-2-28-21(27)17-16(12-7-9-13(22)10-8-12)11-29-19(17)23-18(24)14-5-3-4-6-15(14)20(25)26/h7-11,14-15H,2-6H2,1H3,(H,23,24)(H,25,26)/p-1/t14-,15+/m0/s1. The number of carbonyl (C=O) groups is 3. The van der Waals surface area contributed by atoms with Crippen molar-refractivity contribution in [1.29, 1.82) is 0 Å². The average Bonchev–Trinajstić information content (AvgIpc) is 3.12. The predicted octanol–water partition coefficient (Wildman–Crippen LogP) is 3.23. The molecule has 0 aliphatic heterocycles. The van der Waals surface area contributed by atoms with Gasteiger partial charge in [-0.05, 0) is 37.5 Å². The number of rotatable bonds is 6. The third-order valence-electron chi connectivity index (χ3n) is 5.07. The molecule has 1 aliphatic carbocycles. The molecule has 1 fully saturated rings. The summed E-state index contributed by atoms with van der Waals surface area (Å²) in [6, 6.07) is 5.65. The first-order valence-corrected chi connectivity index (χ1v) is 10.4. The third kappa shape index (κ3) is 4.64. The van der Waals surface area contributed by atoms with Crippen molar-refractivity contribution >= 4 is 34.2 Å². The van der Waals surface area contributed by atoms with Gasteiger partial charge in [0.25, 0.3) is 0 Å². The lowest BCUT2D eigenvalue weighted by Crippen LogP contribution is -2.42. The van der Waals surface area contributed by atoms with Crippen molar-refractivity contribution in [1.82, 2.24) is 0 Å². The molecule has 0 spiro atoms. The molecule has 1 heterocycles. The monoisotopic (exact) mass is 418 g/mol. The van der Waals surface area contributed by atoms with E-state index in [0.29, 0.717) is 24.0 Å². The quantitative estimate of drug-likeness (QED) is 0.727. The Kier molecular flexibility index (Phi) is 6.64. The minimum atomic E-state index is -1.23. The Labute approximate surface area is 171 Å². The topological polar surface area (TPSA) is 95.5 Å². The molecule has 1 saturated carbocycles. The second-order valence-corrected chi connectivity index (χ2v) is 7.77. The number of anilines is 1. The smallest absolute Gasteiger partial charge is 0.341 e. The zero-order valence-electron chi connectivity index (χ0n) is 15.9. The van der Waals surface area contributed by atoms with Crippen molar-refractivity contribution in [2.24, 2.45) is 11.8 Å². The summed E-state index contributed by atoms with van der Waals surface area (Å²) < 4.78 is 18.4. The summed E-state index contributed by atoms with van der Waals surface area (Å²) in [4.78, 5) is 36.8. The van der Waals surface area contributed by atoms with E-state index in [1.54, 1.807) is 24.4 Å². The van der Waals surface area contributed by atoms with Gasteiger partial charge < -0.3 is 20.0 Å². The summed E-state index contributed by atoms with van der Waals surface area (Å²) in [6.45, 7) is 1.83. The van der Waals surface area contributed by atoms with Crippen LogP contribution in [-0.2, 0) is 14.3 Å². The number of thiophene rings is 1. The molecule has 2 atom stereocenters. The molecule has 8 heteroatoms. The van der Waals surface area contributed by atoms with Crippen LogP contribution in [0, 0.1) is 17.7 Å². The van der Waals surface area contributed by atoms with E-state index in [-0.39, 0.29) is 17.2 Å². The highest BCUT2D eigenvalue weighted by Crippen LogP contribution is 2.38. The summed E-state index contributed by atoms with van der Waals surface area (Å²) in [5.74, 6) is -4.23. The number of aliphatic carboxylic acids is 1. The first-order valence-electron chi connectivity index (χ1n) is 9.48. The number of esters is 1. The third-order valence-corrected chi connectivity index (χ3v) is 5.96. The van der Waals surface area contributed by atoms with Crippen LogP contribution in [0.4, 0.5) is 9.39 Å². The largest absolute Gasteiger partial charge is 0.550 e. The number of amides is 1. The molecule has 2 aromatic rings. The Morgan fingerprint density at radius 3 is 2.45 bits per heavy atom. The normalized spacial score (nSPS) is 18.8. The van der Waals surface area contributed by atoms with Crippen LogP contribution < -0.4 is 10.4 Å². The number of hydrogen-bond acceptors (Lipinski definition) is 6. The molecule has 0 bridgehead atoms. The van der Waals surface area contributed by atoms with Gasteiger partial charge >= 0.3 is 5.97 Å². The maximum atomic E-state index is 13.3. The van der Waals surface area contributed by atoms with E-state index in [2.05, 4.69) is 5.32 Å². The summed E-state index contributed by atoms with van der Waals surface area (Å²) in [5, 5.41) is 16.1. The maximum absolute atomic E-state index is 13.3. The molecule has 154 valence electrons. The molecular weight excluding hydrogens is 397 g/mol. The van der Waals surface area contributed by atoms with E-state index >= 15 is 0 Å². The molecule has 6 nitrogen and oxygen atoms in total. The van der Waals surface area contributed by atoms with Crippen LogP contribution in [0.15, 0.2) is 29.6 Å². The van der Waals surface area contributed by atoms with Crippen LogP contribution in [0.3, 0.4) is 0 Å². The minimum absolute atomic E-state index is 0.153. The number of hydrogen-bond donors (Lipinski definition) is 1. The fourth-order valence-electron chi connectivity index (χ4n) is 3.63. The number of carboxylic acid groups (broad SMARTS) is 1. The van der Waals surface area contributed by atoms with Gasteiger partial charge in [0.2, 0.25) is 5.91 Å². The van der Waals surface area contributed by atoms with Crippen molar-refractivity contribution in [3.63, 3.8) is 0 Å². The number of carboxylic acids is 1. The van der Waals surface area contributed by atoms with E-state index in [1.807, 2.05) is 0 Å². The Bertz CT molecular complexity index is 908. The van der Waals surface area contributed by atoms with Gasteiger partial charge in [-0.25, -0.2) is 9.18 Å². The summed E-state index contributed by atoms with van der Waals surface area (Å²) in [5.41, 5.74) is 1.30. The lowest BCUT2D eigenvalue weighted by molar-refractivity contribution is -0.313. The molecule has 1 aromatic heterocycles. The highest BCUT2D eigenvalue weighted by atomic mass is 32.1. The van der Waals surface area contributed by atoms with Gasteiger partial charge in [-0.15, -0.1) is 11.3 Å². The van der Waals surface area contributed by atoms with Crippen molar-refractivity contribution in [2.45, 2.75) is 32.6 Å². The Hall–Kier alpha value is -2.74. The molecule has 0 radical (unpaired) electrons. The maximum Gasteiger partial charge on any atom is 0.341 e. The zero-order valence-corrected chi connectivity index (χ0v) is 16.7. The van der Waals surface area contributed by atoms with Crippen LogP contribution in [0.1, 0.15) is 43.0 Å². The van der Waals surface area contributed by atoms with Crippen LogP contribution in [0.2, 0.25) is 0 Å². The second-order valence-electron chi connectivity index (χ2n) is 6.89. The van der Waals surface area contributed by atoms with Gasteiger partial charge in [-0.1, -0.05) is 25.0 Å². The van der Waals surface area contributed by atoms with E-state index in [0.717, 1.165) is 24.2 Å². The van der Waals surface area contributed by atoms with Crippen LogP contribution in [0.5, 0.6) is 0 Å². The summed E-state index contributed by atoms with van der Waals surface area (Å²) in [6.07, 6.45) is 2.36. The Balaban J connectivity index is 1.92. The molecule has 1 N–H and O–H groups in total. The van der Waals surface area contributed by atoms with Crippen LogP contribution in [0.25, 0.3) is 11.1 Å². The molecule has 1 aliphatic rings. The van der Waals surface area contributed by atoms with E-state index in [1.165, 1.54) is 12.1 Å². The molecule has 0 unspecified atom stereocenters. The lowest BCUT2D eigenvalue weighted by Gasteiger charge is -2.31. The predicted molar refractivity (Wildman–Crippen MR) is 105 cm³/mol. The van der Waals surface area contributed by atoms with Crippen molar-refractivity contribution in [2.75, 3.05) is 11.9 Å². The zero-order chi connectivity index (χ0) is 21.0. The van der Waals surface area contributed by atoms with Gasteiger partial charge in [0.05, 0.1) is 6.61 Å². The molecule has 29 heavy (non-hydrogen) atoms. The first kappa shape index (κ1) is 21.0. The fraction of sp³-hybridized carbons (Fsp3) is 0.381. The average molecular weight is 418 g/mol. The van der Waals surface area contributed by atoms with Crippen LogP contribution >= 0.6 is 11.3 Å². The number of benzene rings is 1. The molecule has 3 rings (SSSR count). The van der Waals surface area contributed by atoms with Crippen molar-refractivity contribution < 1.29 is 28.6 Å². The van der Waals surface area contributed by atoms with E-state index < -0.39 is 35.5 Å². The van der Waals surface area contributed by atoms with Gasteiger partial charge in [-0.2, -0.15) is 0 Å². The lowest BCUT2D eigenvalue weighted by atomic mass is 9.79. The Morgan fingerprint density at radius 2 is 1.83 bits per heavy atom. The van der Waals surface area contributed by atoms with E-state index in [4.69, 9.17) is 4.74 Å². The summed E-state index contributed by atoms with van der Waals surface area (Å²) >= 11 is 1.14. The highest BCUT2D eigenvalue weighted by Gasteiger charge is 2.33. The highest BCUT2D eigenvalue weighted by molar-refractivity contribution is 7.15. The van der Waals surface area contributed by atoms with Crippen molar-refractivity contribution in [3.8, 4) is 11.1 Å². The number of carbonyl (C=O) groups excluding carboxylic acids is 3. The van der Waals surface area contributed by atoms with E-state index in [9.17, 15) is 23.9 Å². The van der Waals surface area contributed by atoms with Gasteiger partial charge in [-0.3, -0.25) is 4.79 Å². The Morgan fingerprint density at radius 1 is 1.17 bits per heavy atom.